The molecule has 1 aromatic carbocycles. The molecule has 4 nitrogen and oxygen atoms in total. The fourth-order valence-corrected chi connectivity index (χ4v) is 3.86. The van der Waals surface area contributed by atoms with Crippen molar-refractivity contribution in [1.29, 1.82) is 0 Å². The van der Waals surface area contributed by atoms with E-state index in [1.54, 1.807) is 29.4 Å². The van der Waals surface area contributed by atoms with Crippen molar-refractivity contribution in [3.05, 3.63) is 46.2 Å². The summed E-state index contributed by atoms with van der Waals surface area (Å²) < 4.78 is 39.6. The number of benzene rings is 1. The maximum atomic E-state index is 13.1. The topological polar surface area (TPSA) is 45.2 Å². The fraction of sp³-hybridized carbons (Fsp3) is 0.250. The monoisotopic (exact) mass is 385 g/mol. The van der Waals surface area contributed by atoms with Crippen molar-refractivity contribution in [1.82, 2.24) is 10.3 Å². The highest BCUT2D eigenvalue weighted by molar-refractivity contribution is 7.22. The van der Waals surface area contributed by atoms with E-state index in [4.69, 9.17) is 0 Å². The molecule has 0 fully saturated rings. The number of para-hydroxylation sites is 1. The molecule has 0 radical (unpaired) electrons. The molecular formula is C16H14F3N3OS2. The Morgan fingerprint density at radius 3 is 2.76 bits per heavy atom. The molecule has 0 saturated carbocycles. The number of hydrogen-bond acceptors (Lipinski definition) is 5. The van der Waals surface area contributed by atoms with Crippen molar-refractivity contribution >= 4 is 43.9 Å². The molecule has 1 N–H and O–H groups in total. The molecule has 0 atom stereocenters. The van der Waals surface area contributed by atoms with Gasteiger partial charge in [-0.05, 0) is 23.6 Å². The van der Waals surface area contributed by atoms with Crippen molar-refractivity contribution in [3.8, 4) is 0 Å². The van der Waals surface area contributed by atoms with Crippen LogP contribution in [0.2, 0.25) is 0 Å². The first-order valence-electron chi connectivity index (χ1n) is 7.31. The summed E-state index contributed by atoms with van der Waals surface area (Å²) in [4.78, 5) is 18.7. The number of aromatic nitrogens is 1. The highest BCUT2D eigenvalue weighted by Crippen LogP contribution is 2.38. The van der Waals surface area contributed by atoms with E-state index >= 15 is 0 Å². The van der Waals surface area contributed by atoms with Crippen molar-refractivity contribution in [2.45, 2.75) is 12.7 Å². The maximum Gasteiger partial charge on any atom is 0.418 e. The molecule has 9 heteroatoms. The van der Waals surface area contributed by atoms with Crippen molar-refractivity contribution in [2.75, 3.05) is 18.5 Å². The van der Waals surface area contributed by atoms with E-state index in [1.165, 1.54) is 6.07 Å². The van der Waals surface area contributed by atoms with Gasteiger partial charge in [-0.25, -0.2) is 4.98 Å². The van der Waals surface area contributed by atoms with Gasteiger partial charge in [0.15, 0.2) is 5.13 Å². The highest BCUT2D eigenvalue weighted by Gasteiger charge is 2.34. The Bertz CT molecular complexity index is 875. The molecule has 0 aliphatic carbocycles. The Morgan fingerprint density at radius 1 is 1.28 bits per heavy atom. The Labute approximate surface area is 149 Å². The number of likely N-dealkylation sites (N-methyl/N-ethyl adjacent to an activating group) is 1. The Morgan fingerprint density at radius 2 is 2.08 bits per heavy atom. The van der Waals surface area contributed by atoms with Crippen LogP contribution < -0.4 is 10.2 Å². The number of rotatable bonds is 5. The van der Waals surface area contributed by atoms with Crippen LogP contribution in [0.15, 0.2) is 35.7 Å². The SMILES string of the molecule is CN(CC(=O)NCc1cccs1)c1nc2c(C(F)(F)F)cccc2s1. The van der Waals surface area contributed by atoms with Gasteiger partial charge in [0.05, 0.1) is 28.9 Å². The molecule has 3 rings (SSSR count). The van der Waals surface area contributed by atoms with Gasteiger partial charge >= 0.3 is 6.18 Å². The van der Waals surface area contributed by atoms with Gasteiger partial charge in [-0.1, -0.05) is 23.5 Å². The number of thiazole rings is 1. The average Bonchev–Trinajstić information content (AvgIpc) is 3.20. The van der Waals surface area contributed by atoms with Gasteiger partial charge in [-0.3, -0.25) is 4.79 Å². The lowest BCUT2D eigenvalue weighted by molar-refractivity contribution is -0.136. The Kier molecular flexibility index (Phi) is 4.96. The Balaban J connectivity index is 1.71. The summed E-state index contributed by atoms with van der Waals surface area (Å²) >= 11 is 2.67. The smallest absolute Gasteiger partial charge is 0.350 e. The van der Waals surface area contributed by atoms with Crippen LogP contribution in [0.3, 0.4) is 0 Å². The van der Waals surface area contributed by atoms with Gasteiger partial charge < -0.3 is 10.2 Å². The lowest BCUT2D eigenvalue weighted by Crippen LogP contribution is -2.34. The molecule has 0 aliphatic rings. The van der Waals surface area contributed by atoms with Crippen molar-refractivity contribution in [3.63, 3.8) is 0 Å². The van der Waals surface area contributed by atoms with Gasteiger partial charge in [0.2, 0.25) is 5.91 Å². The summed E-state index contributed by atoms with van der Waals surface area (Å²) in [6.45, 7) is 0.453. The number of anilines is 1. The molecule has 0 unspecified atom stereocenters. The molecule has 0 saturated heterocycles. The van der Waals surface area contributed by atoms with Crippen LogP contribution in [0.1, 0.15) is 10.4 Å². The Hall–Kier alpha value is -2.13. The molecule has 25 heavy (non-hydrogen) atoms. The zero-order chi connectivity index (χ0) is 18.0. The van der Waals surface area contributed by atoms with Crippen molar-refractivity contribution in [2.24, 2.45) is 0 Å². The number of amides is 1. The molecule has 3 aromatic rings. The average molecular weight is 385 g/mol. The summed E-state index contributed by atoms with van der Waals surface area (Å²) in [7, 11) is 1.63. The fourth-order valence-electron chi connectivity index (χ4n) is 2.27. The van der Waals surface area contributed by atoms with Crippen LogP contribution >= 0.6 is 22.7 Å². The van der Waals surface area contributed by atoms with Gasteiger partial charge in [-0.15, -0.1) is 11.3 Å². The number of nitrogens with one attached hydrogen (secondary N) is 1. The summed E-state index contributed by atoms with van der Waals surface area (Å²) in [5, 5.41) is 5.08. The number of hydrogen-bond donors (Lipinski definition) is 1. The van der Waals surface area contributed by atoms with Gasteiger partial charge in [0.1, 0.15) is 0 Å². The zero-order valence-electron chi connectivity index (χ0n) is 13.1. The standard InChI is InChI=1S/C16H14F3N3OS2/c1-22(9-13(23)20-8-10-4-3-7-24-10)15-21-14-11(16(17,18)19)5-2-6-12(14)25-15/h2-7H,8-9H2,1H3,(H,20,23). The third-order valence-electron chi connectivity index (χ3n) is 3.46. The van der Waals surface area contributed by atoms with E-state index in [0.29, 0.717) is 16.4 Å². The number of halogens is 3. The van der Waals surface area contributed by atoms with Crippen LogP contribution in [0.4, 0.5) is 18.3 Å². The first-order chi connectivity index (χ1) is 11.8. The third kappa shape index (κ3) is 4.10. The van der Waals surface area contributed by atoms with E-state index in [1.807, 2.05) is 17.5 Å². The summed E-state index contributed by atoms with van der Waals surface area (Å²) in [6, 6.07) is 7.79. The van der Waals surface area contributed by atoms with E-state index < -0.39 is 11.7 Å². The van der Waals surface area contributed by atoms with E-state index in [2.05, 4.69) is 10.3 Å². The largest absolute Gasteiger partial charge is 0.418 e. The molecule has 1 amide bonds. The molecule has 0 aliphatic heterocycles. The molecule has 2 heterocycles. The quantitative estimate of drug-likeness (QED) is 0.718. The lowest BCUT2D eigenvalue weighted by atomic mass is 10.2. The van der Waals surface area contributed by atoms with E-state index in [0.717, 1.165) is 22.3 Å². The summed E-state index contributed by atoms with van der Waals surface area (Å²) in [5.41, 5.74) is -0.844. The highest BCUT2D eigenvalue weighted by atomic mass is 32.1. The van der Waals surface area contributed by atoms with Gasteiger partial charge in [-0.2, -0.15) is 13.2 Å². The minimum absolute atomic E-state index is 0.0204. The third-order valence-corrected chi connectivity index (χ3v) is 5.47. The second kappa shape index (κ2) is 7.01. The minimum Gasteiger partial charge on any atom is -0.350 e. The van der Waals surface area contributed by atoms with Crippen molar-refractivity contribution < 1.29 is 18.0 Å². The molecule has 0 spiro atoms. The number of nitrogens with zero attached hydrogens (tertiary/aromatic N) is 2. The maximum absolute atomic E-state index is 13.1. The first-order valence-corrected chi connectivity index (χ1v) is 9.01. The van der Waals surface area contributed by atoms with Crippen LogP contribution in [0.5, 0.6) is 0 Å². The van der Waals surface area contributed by atoms with E-state index in [-0.39, 0.29) is 18.0 Å². The normalized spacial score (nSPS) is 11.7. The molecular weight excluding hydrogens is 371 g/mol. The van der Waals surface area contributed by atoms with Gasteiger partial charge in [0.25, 0.3) is 0 Å². The number of alkyl halides is 3. The van der Waals surface area contributed by atoms with Gasteiger partial charge in [0, 0.05) is 11.9 Å². The van der Waals surface area contributed by atoms with E-state index in [9.17, 15) is 18.0 Å². The van der Waals surface area contributed by atoms with Crippen LogP contribution in [0, 0.1) is 0 Å². The first kappa shape index (κ1) is 17.7. The number of fused-ring (bicyclic) bond motifs is 1. The summed E-state index contributed by atoms with van der Waals surface area (Å²) in [6.07, 6.45) is -4.46. The zero-order valence-corrected chi connectivity index (χ0v) is 14.8. The predicted octanol–water partition coefficient (Wildman–Crippen LogP) is 4.13. The molecule has 0 bridgehead atoms. The second-order valence-corrected chi connectivity index (χ2v) is 7.40. The molecule has 2 aromatic heterocycles. The predicted molar refractivity (Wildman–Crippen MR) is 94.1 cm³/mol. The van der Waals surface area contributed by atoms with Crippen LogP contribution in [-0.2, 0) is 17.5 Å². The summed E-state index contributed by atoms with van der Waals surface area (Å²) in [5.74, 6) is -0.216. The lowest BCUT2D eigenvalue weighted by Gasteiger charge is -2.15. The number of carbonyl (C=O) groups excluding carboxylic acids is 1. The second-order valence-electron chi connectivity index (χ2n) is 5.36. The number of thiophene rings is 1. The van der Waals surface area contributed by atoms with Crippen LogP contribution in [0.25, 0.3) is 10.2 Å². The molecule has 132 valence electrons. The minimum atomic E-state index is -4.46. The van der Waals surface area contributed by atoms with Crippen LogP contribution in [-0.4, -0.2) is 24.5 Å². The number of carbonyl (C=O) groups is 1.